The Kier molecular flexibility index (Phi) is 6.45. The second-order valence-corrected chi connectivity index (χ2v) is 11.5. The van der Waals surface area contributed by atoms with Crippen molar-refractivity contribution in [1.82, 2.24) is 19.5 Å². The van der Waals surface area contributed by atoms with Gasteiger partial charge in [-0.05, 0) is 0 Å². The minimum Gasteiger partial charge on any atom is -0.382 e. The lowest BCUT2D eigenvalue weighted by Crippen LogP contribution is -2.29. The lowest BCUT2D eigenvalue weighted by molar-refractivity contribution is -0.0178. The maximum atomic E-state index is 12.3. The highest BCUT2D eigenvalue weighted by molar-refractivity contribution is 7.53. The Morgan fingerprint density at radius 1 is 1.34 bits per heavy atom. The number of anilines is 1. The molecule has 1 aliphatic heterocycles. The molecule has 2 aromatic heterocycles. The molecule has 0 saturated carbocycles. The minimum atomic E-state index is -3.88. The molecule has 162 valence electrons. The Bertz CT molecular complexity index is 962. The number of nitrogen functional groups attached to an aromatic ring is 1. The van der Waals surface area contributed by atoms with E-state index in [1.54, 1.807) is 24.7 Å². The first-order valence-corrected chi connectivity index (χ1v) is 12.7. The van der Waals surface area contributed by atoms with Gasteiger partial charge in [-0.15, -0.1) is 0 Å². The molecule has 0 radical (unpaired) electrons. The van der Waals surface area contributed by atoms with E-state index < -0.39 is 39.2 Å². The number of rotatable bonds is 8. The van der Waals surface area contributed by atoms with Gasteiger partial charge in [0.25, 0.3) is 0 Å². The van der Waals surface area contributed by atoms with Gasteiger partial charge < -0.3 is 33.9 Å². The molecule has 3 rings (SSSR count). The van der Waals surface area contributed by atoms with Crippen molar-refractivity contribution in [1.29, 1.82) is 0 Å². The normalized spacial score (nSPS) is 26.6. The van der Waals surface area contributed by atoms with E-state index in [0.717, 1.165) is 6.66 Å². The van der Waals surface area contributed by atoms with Crippen LogP contribution in [0.25, 0.3) is 11.2 Å². The van der Waals surface area contributed by atoms with Crippen LogP contribution in [-0.4, -0.2) is 66.5 Å². The SMILES string of the molecule is CC(C)P(=O)(O)O[C@H]1C[C@H](Cn2cnc3c(N)ncnc32)O[C@@H]1COP(C)(=O)O. The molecule has 0 amide bonds. The summed E-state index contributed by atoms with van der Waals surface area (Å²) in [5.41, 5.74) is 6.19. The largest absolute Gasteiger partial charge is 0.382 e. The zero-order chi connectivity index (χ0) is 21.4. The molecular weight excluding hydrogens is 424 g/mol. The van der Waals surface area contributed by atoms with Gasteiger partial charge in [-0.3, -0.25) is 9.13 Å². The second kappa shape index (κ2) is 8.39. The maximum Gasteiger partial charge on any atom is 0.330 e. The van der Waals surface area contributed by atoms with Crippen LogP contribution in [0.3, 0.4) is 0 Å². The van der Waals surface area contributed by atoms with Crippen LogP contribution in [0.4, 0.5) is 5.82 Å². The second-order valence-electron chi connectivity index (χ2n) is 7.26. The van der Waals surface area contributed by atoms with E-state index in [2.05, 4.69) is 15.0 Å². The number of imidazole rings is 1. The summed E-state index contributed by atoms with van der Waals surface area (Å²) >= 11 is 0. The van der Waals surface area contributed by atoms with Crippen molar-refractivity contribution < 1.29 is 32.7 Å². The average Bonchev–Trinajstić information content (AvgIpc) is 3.17. The molecule has 4 N–H and O–H groups in total. The van der Waals surface area contributed by atoms with Crippen LogP contribution < -0.4 is 5.73 Å². The molecule has 5 atom stereocenters. The first-order valence-electron chi connectivity index (χ1n) is 8.98. The van der Waals surface area contributed by atoms with Gasteiger partial charge in [0.05, 0.1) is 37.3 Å². The topological polar surface area (TPSA) is 172 Å². The number of fused-ring (bicyclic) bond motifs is 1. The summed E-state index contributed by atoms with van der Waals surface area (Å²) in [7, 11) is -7.62. The predicted molar refractivity (Wildman–Crippen MR) is 105 cm³/mol. The van der Waals surface area contributed by atoms with E-state index in [9.17, 15) is 18.9 Å². The minimum absolute atomic E-state index is 0.247. The fourth-order valence-corrected chi connectivity index (χ4v) is 4.23. The standard InChI is InChI=1S/C15H25N5O7P2/c1-9(2)29(23,24)27-11-4-10(26-12(11)6-25-28(3,21)22)5-20-8-19-13-14(16)17-7-18-15(13)20/h7-12H,4-6H2,1-3H3,(H,21,22)(H,23,24)(H2,16,17,18)/t10-,11+,12-/m1/s1. The monoisotopic (exact) mass is 449 g/mol. The van der Waals surface area contributed by atoms with Crippen LogP contribution in [0.1, 0.15) is 20.3 Å². The summed E-state index contributed by atoms with van der Waals surface area (Å²) < 4.78 is 41.9. The number of hydrogen-bond acceptors (Lipinski definition) is 9. The molecular formula is C15H25N5O7P2. The molecule has 0 spiro atoms. The highest BCUT2D eigenvalue weighted by atomic mass is 31.2. The summed E-state index contributed by atoms with van der Waals surface area (Å²) in [6.45, 7) is 4.29. The smallest absolute Gasteiger partial charge is 0.330 e. The molecule has 2 unspecified atom stereocenters. The van der Waals surface area contributed by atoms with E-state index in [0.29, 0.717) is 17.7 Å². The molecule has 0 aliphatic carbocycles. The average molecular weight is 449 g/mol. The Labute approximate surface area is 167 Å². The van der Waals surface area contributed by atoms with Crippen LogP contribution >= 0.6 is 15.2 Å². The Morgan fingerprint density at radius 2 is 2.07 bits per heavy atom. The Balaban J connectivity index is 1.76. The maximum absolute atomic E-state index is 12.3. The van der Waals surface area contributed by atoms with Crippen LogP contribution in [0.15, 0.2) is 12.7 Å². The van der Waals surface area contributed by atoms with Gasteiger partial charge in [-0.25, -0.2) is 15.0 Å². The molecule has 1 aliphatic rings. The van der Waals surface area contributed by atoms with Crippen molar-refractivity contribution in [2.45, 2.75) is 50.8 Å². The van der Waals surface area contributed by atoms with Crippen LogP contribution in [0.2, 0.25) is 0 Å². The highest BCUT2D eigenvalue weighted by Crippen LogP contribution is 2.50. The third-order valence-corrected chi connectivity index (χ3v) is 7.03. The van der Waals surface area contributed by atoms with Crippen molar-refractivity contribution in [2.24, 2.45) is 0 Å². The third-order valence-electron chi connectivity index (χ3n) is 4.52. The summed E-state index contributed by atoms with van der Waals surface area (Å²) in [5.74, 6) is 0.258. The number of nitrogens with zero attached hydrogens (tertiary/aromatic N) is 4. The molecule has 14 heteroatoms. The van der Waals surface area contributed by atoms with Crippen molar-refractivity contribution in [3.05, 3.63) is 12.7 Å². The van der Waals surface area contributed by atoms with Crippen LogP contribution in [-0.2, 0) is 29.5 Å². The van der Waals surface area contributed by atoms with Gasteiger partial charge in [0, 0.05) is 13.1 Å². The van der Waals surface area contributed by atoms with E-state index in [1.807, 2.05) is 0 Å². The summed E-state index contributed by atoms with van der Waals surface area (Å²) in [5, 5.41) is 0. The number of aromatic nitrogens is 4. The predicted octanol–water partition coefficient (Wildman–Crippen LogP) is 1.38. The zero-order valence-electron chi connectivity index (χ0n) is 16.3. The number of hydrogen-bond donors (Lipinski definition) is 3. The molecule has 1 saturated heterocycles. The fraction of sp³-hybridized carbons (Fsp3) is 0.667. The third kappa shape index (κ3) is 5.40. The van der Waals surface area contributed by atoms with Crippen LogP contribution in [0, 0.1) is 0 Å². The first-order chi connectivity index (χ1) is 13.5. The zero-order valence-corrected chi connectivity index (χ0v) is 18.1. The van der Waals surface area contributed by atoms with Gasteiger partial charge in [0.1, 0.15) is 17.9 Å². The lowest BCUT2D eigenvalue weighted by atomic mass is 10.1. The number of ether oxygens (including phenoxy) is 1. The molecule has 0 aromatic carbocycles. The Morgan fingerprint density at radius 3 is 2.72 bits per heavy atom. The molecule has 0 bridgehead atoms. The van der Waals surface area contributed by atoms with E-state index >= 15 is 0 Å². The van der Waals surface area contributed by atoms with Gasteiger partial charge >= 0.3 is 15.2 Å². The van der Waals surface area contributed by atoms with E-state index in [4.69, 9.17) is 19.5 Å². The molecule has 29 heavy (non-hydrogen) atoms. The first kappa shape index (κ1) is 22.3. The quantitative estimate of drug-likeness (QED) is 0.497. The van der Waals surface area contributed by atoms with Crippen molar-refractivity contribution in [3.8, 4) is 0 Å². The van der Waals surface area contributed by atoms with Crippen molar-refractivity contribution in [3.63, 3.8) is 0 Å². The summed E-state index contributed by atoms with van der Waals surface area (Å²) in [6.07, 6.45) is 1.18. The van der Waals surface area contributed by atoms with Gasteiger partial charge in [0.15, 0.2) is 11.5 Å². The Hall–Kier alpha value is -1.39. The molecule has 12 nitrogen and oxygen atoms in total. The van der Waals surface area contributed by atoms with E-state index in [1.165, 1.54) is 6.33 Å². The number of nitrogens with two attached hydrogens (primary N) is 1. The summed E-state index contributed by atoms with van der Waals surface area (Å²) in [4.78, 5) is 31.8. The van der Waals surface area contributed by atoms with Gasteiger partial charge in [0.2, 0.25) is 0 Å². The summed E-state index contributed by atoms with van der Waals surface area (Å²) in [6, 6.07) is 0. The molecule has 2 aromatic rings. The molecule has 1 fully saturated rings. The van der Waals surface area contributed by atoms with Gasteiger partial charge in [-0.1, -0.05) is 13.8 Å². The van der Waals surface area contributed by atoms with Crippen LogP contribution in [0.5, 0.6) is 0 Å². The molecule has 3 heterocycles. The van der Waals surface area contributed by atoms with Crippen molar-refractivity contribution in [2.75, 3.05) is 19.0 Å². The fourth-order valence-electron chi connectivity index (χ4n) is 2.96. The van der Waals surface area contributed by atoms with Gasteiger partial charge in [-0.2, -0.15) is 0 Å². The highest BCUT2D eigenvalue weighted by Gasteiger charge is 2.42. The lowest BCUT2D eigenvalue weighted by Gasteiger charge is -2.24. The van der Waals surface area contributed by atoms with E-state index in [-0.39, 0.29) is 18.8 Å². The van der Waals surface area contributed by atoms with Crippen molar-refractivity contribution >= 4 is 32.2 Å².